The van der Waals surface area contributed by atoms with Gasteiger partial charge >= 0.3 is 5.97 Å². The molecule has 0 spiro atoms. The predicted molar refractivity (Wildman–Crippen MR) is 130 cm³/mol. The number of ether oxygens (including phenoxy) is 4. The Morgan fingerprint density at radius 1 is 0.848 bits per heavy atom. The van der Waals surface area contributed by atoms with Gasteiger partial charge in [0.1, 0.15) is 17.1 Å². The second-order valence-corrected chi connectivity index (χ2v) is 8.05. The Balaban J connectivity index is 1.70. The van der Waals surface area contributed by atoms with Crippen LogP contribution in [0.2, 0.25) is 0 Å². The molecule has 0 fully saturated rings. The molecule has 2 aromatic carbocycles. The van der Waals surface area contributed by atoms with Crippen LogP contribution < -0.4 is 14.2 Å². The Labute approximate surface area is 197 Å². The highest BCUT2D eigenvalue weighted by Gasteiger charge is 2.18. The molecule has 2 aromatic rings. The molecule has 2 rings (SSSR count). The molecule has 0 aliphatic carbocycles. The van der Waals surface area contributed by atoms with E-state index in [9.17, 15) is 9.90 Å². The number of hydrogen-bond donors (Lipinski definition) is 1. The number of phenolic OH excluding ortho intramolecular Hbond substituents is 1. The maximum atomic E-state index is 11.8. The van der Waals surface area contributed by atoms with Crippen LogP contribution in [-0.2, 0) is 17.6 Å². The fourth-order valence-corrected chi connectivity index (χ4v) is 3.98. The quantitative estimate of drug-likeness (QED) is 0.256. The Bertz CT molecular complexity index is 877. The lowest BCUT2D eigenvalue weighted by molar-refractivity contribution is 0.0597. The molecule has 6 heteroatoms. The van der Waals surface area contributed by atoms with Crippen molar-refractivity contribution >= 4 is 5.97 Å². The van der Waals surface area contributed by atoms with E-state index in [1.807, 2.05) is 19.1 Å². The van der Waals surface area contributed by atoms with Crippen molar-refractivity contribution in [3.8, 4) is 23.0 Å². The maximum absolute atomic E-state index is 11.8. The molecule has 0 atom stereocenters. The summed E-state index contributed by atoms with van der Waals surface area (Å²) < 4.78 is 21.5. The molecule has 182 valence electrons. The number of hydrogen-bond acceptors (Lipinski definition) is 6. The zero-order valence-corrected chi connectivity index (χ0v) is 20.4. The minimum atomic E-state index is -0.541. The molecule has 0 aliphatic heterocycles. The van der Waals surface area contributed by atoms with Crippen molar-refractivity contribution in [2.24, 2.45) is 0 Å². The number of para-hydroxylation sites is 1. The highest BCUT2D eigenvalue weighted by atomic mass is 16.5. The molecule has 0 saturated carbocycles. The lowest BCUT2D eigenvalue weighted by Crippen LogP contribution is -2.06. The Hall–Kier alpha value is -2.89. The first-order chi connectivity index (χ1) is 16.1. The smallest absolute Gasteiger partial charge is 0.341 e. The van der Waals surface area contributed by atoms with Crippen molar-refractivity contribution in [1.29, 1.82) is 0 Å². The number of aromatic hydroxyl groups is 1. The van der Waals surface area contributed by atoms with Crippen LogP contribution in [0.5, 0.6) is 23.0 Å². The normalized spacial score (nSPS) is 10.7. The third-order valence-electron chi connectivity index (χ3n) is 5.73. The molecule has 0 aromatic heterocycles. The van der Waals surface area contributed by atoms with Gasteiger partial charge in [0.2, 0.25) is 0 Å². The molecule has 33 heavy (non-hydrogen) atoms. The summed E-state index contributed by atoms with van der Waals surface area (Å²) in [5, 5.41) is 10.5. The van der Waals surface area contributed by atoms with Gasteiger partial charge in [0, 0.05) is 5.56 Å². The summed E-state index contributed by atoms with van der Waals surface area (Å²) in [6.45, 7) is 2.62. The number of esters is 1. The van der Waals surface area contributed by atoms with E-state index >= 15 is 0 Å². The van der Waals surface area contributed by atoms with Crippen molar-refractivity contribution in [2.45, 2.75) is 64.7 Å². The summed E-state index contributed by atoms with van der Waals surface area (Å²) in [4.78, 5) is 11.8. The summed E-state index contributed by atoms with van der Waals surface area (Å²) >= 11 is 0. The van der Waals surface area contributed by atoms with Crippen LogP contribution in [0.4, 0.5) is 0 Å². The fourth-order valence-electron chi connectivity index (χ4n) is 3.98. The second kappa shape index (κ2) is 14.3. The van der Waals surface area contributed by atoms with E-state index in [0.29, 0.717) is 24.3 Å². The van der Waals surface area contributed by atoms with Crippen molar-refractivity contribution < 1.29 is 28.8 Å². The van der Waals surface area contributed by atoms with E-state index in [2.05, 4.69) is 6.07 Å². The zero-order chi connectivity index (χ0) is 24.1. The fraction of sp³-hybridized carbons (Fsp3) is 0.519. The number of carbonyl (C=O) groups excluding carboxylic acids is 1. The van der Waals surface area contributed by atoms with Crippen molar-refractivity contribution in [2.75, 3.05) is 27.9 Å². The number of phenols is 1. The average molecular weight is 459 g/mol. The molecule has 0 radical (unpaired) electrons. The number of methoxy groups -OCH3 is 3. The molecule has 0 bridgehead atoms. The summed E-state index contributed by atoms with van der Waals surface area (Å²) in [6.07, 6.45) is 9.15. The van der Waals surface area contributed by atoms with E-state index in [1.54, 1.807) is 26.4 Å². The SMILES string of the molecule is CCCc1c(OCCCCCCCCc2cccc(OC)c2OC)ccc(C(=O)OC)c1O. The molecular weight excluding hydrogens is 420 g/mol. The third kappa shape index (κ3) is 7.58. The Kier molecular flexibility index (Phi) is 11.4. The molecule has 0 saturated heterocycles. The standard InChI is InChI=1S/C27H38O6/c1-5-13-21-23(18-17-22(25(21)28)27(29)32-4)33-19-11-9-7-6-8-10-14-20-15-12-16-24(30-2)26(20)31-3/h12,15-18,28H,5-11,13-14,19H2,1-4H3. The number of unbranched alkanes of at least 4 members (excludes halogenated alkanes) is 5. The summed E-state index contributed by atoms with van der Waals surface area (Å²) in [7, 11) is 4.65. The number of carbonyl (C=O) groups is 1. The van der Waals surface area contributed by atoms with Crippen LogP contribution in [0.3, 0.4) is 0 Å². The van der Waals surface area contributed by atoms with E-state index in [1.165, 1.54) is 25.5 Å². The van der Waals surface area contributed by atoms with Gasteiger partial charge in [0.05, 0.1) is 27.9 Å². The van der Waals surface area contributed by atoms with Gasteiger partial charge in [-0.15, -0.1) is 0 Å². The van der Waals surface area contributed by atoms with Gasteiger partial charge in [-0.3, -0.25) is 0 Å². The largest absolute Gasteiger partial charge is 0.507 e. The molecule has 0 amide bonds. The predicted octanol–water partition coefficient (Wildman–Crippen LogP) is 6.11. The molecule has 0 heterocycles. The van der Waals surface area contributed by atoms with Crippen molar-refractivity contribution in [3.63, 3.8) is 0 Å². The van der Waals surface area contributed by atoms with Crippen LogP contribution in [0.15, 0.2) is 30.3 Å². The van der Waals surface area contributed by atoms with Crippen LogP contribution in [0, 0.1) is 0 Å². The monoisotopic (exact) mass is 458 g/mol. The highest BCUT2D eigenvalue weighted by Crippen LogP contribution is 2.33. The molecule has 0 aliphatic rings. The van der Waals surface area contributed by atoms with E-state index in [-0.39, 0.29) is 11.3 Å². The van der Waals surface area contributed by atoms with Gasteiger partial charge in [-0.05, 0) is 49.4 Å². The summed E-state index contributed by atoms with van der Waals surface area (Å²) in [5.74, 6) is 1.69. The van der Waals surface area contributed by atoms with Crippen LogP contribution in [0.25, 0.3) is 0 Å². The van der Waals surface area contributed by atoms with Gasteiger partial charge in [-0.1, -0.05) is 51.2 Å². The van der Waals surface area contributed by atoms with Crippen molar-refractivity contribution in [1.82, 2.24) is 0 Å². The second-order valence-electron chi connectivity index (χ2n) is 8.05. The lowest BCUT2D eigenvalue weighted by Gasteiger charge is -2.15. The minimum Gasteiger partial charge on any atom is -0.507 e. The zero-order valence-electron chi connectivity index (χ0n) is 20.4. The minimum absolute atomic E-state index is 0.0335. The van der Waals surface area contributed by atoms with Crippen molar-refractivity contribution in [3.05, 3.63) is 47.0 Å². The maximum Gasteiger partial charge on any atom is 0.341 e. The van der Waals surface area contributed by atoms with Gasteiger partial charge in [-0.2, -0.15) is 0 Å². The topological polar surface area (TPSA) is 74.2 Å². The average Bonchev–Trinajstić information content (AvgIpc) is 2.84. The Morgan fingerprint density at radius 3 is 2.24 bits per heavy atom. The molecule has 0 unspecified atom stereocenters. The third-order valence-corrected chi connectivity index (χ3v) is 5.73. The van der Waals surface area contributed by atoms with Gasteiger partial charge < -0.3 is 24.1 Å². The number of aryl methyl sites for hydroxylation is 1. The number of rotatable bonds is 15. The van der Waals surface area contributed by atoms with Gasteiger partial charge in [0.25, 0.3) is 0 Å². The first-order valence-corrected chi connectivity index (χ1v) is 11.8. The van der Waals surface area contributed by atoms with E-state index in [4.69, 9.17) is 18.9 Å². The number of benzene rings is 2. The van der Waals surface area contributed by atoms with Crippen LogP contribution in [0.1, 0.15) is 73.4 Å². The van der Waals surface area contributed by atoms with Crippen LogP contribution >= 0.6 is 0 Å². The summed E-state index contributed by atoms with van der Waals surface area (Å²) in [6, 6.07) is 9.34. The highest BCUT2D eigenvalue weighted by molar-refractivity contribution is 5.93. The molecule has 1 N–H and O–H groups in total. The van der Waals surface area contributed by atoms with Crippen LogP contribution in [-0.4, -0.2) is 39.0 Å². The van der Waals surface area contributed by atoms with Gasteiger partial charge in [-0.25, -0.2) is 4.79 Å². The van der Waals surface area contributed by atoms with E-state index in [0.717, 1.165) is 50.0 Å². The first kappa shape index (κ1) is 26.4. The lowest BCUT2D eigenvalue weighted by atomic mass is 10.0. The summed E-state index contributed by atoms with van der Waals surface area (Å²) in [5.41, 5.74) is 2.04. The molecule has 6 nitrogen and oxygen atoms in total. The van der Waals surface area contributed by atoms with E-state index < -0.39 is 5.97 Å². The Morgan fingerprint density at radius 2 is 1.58 bits per heavy atom. The molecular formula is C27H38O6. The van der Waals surface area contributed by atoms with Gasteiger partial charge in [0.15, 0.2) is 11.5 Å². The first-order valence-electron chi connectivity index (χ1n) is 11.8.